The minimum Gasteiger partial charge on any atom is -0.370 e. The number of carbonyl (C=O) groups excluding carboxylic acids is 3. The normalized spacial score (nSPS) is 14.1. The Hall–Kier alpha value is -2.47. The number of aromatic nitrogens is 1. The van der Waals surface area contributed by atoms with Gasteiger partial charge in [-0.1, -0.05) is 52.8 Å². The highest BCUT2D eigenvalue weighted by Crippen LogP contribution is 2.29. The van der Waals surface area contributed by atoms with Crippen LogP contribution in [0.1, 0.15) is 59.4 Å². The standard InChI is InChI=1S/C24H35N3O3/c1-15(2)27-20(10-11-22(25)29)21(28)13-16(23(30)24(3,4)5)12-17-14-26-19-9-7-6-8-18(17)19/h6-9,14-16,20,26-27H,10-13H2,1-5H3,(H2,25,29)/t16-,20?/m1/s1. The van der Waals surface area contributed by atoms with E-state index in [4.69, 9.17) is 5.73 Å². The van der Waals surface area contributed by atoms with E-state index in [9.17, 15) is 14.4 Å². The summed E-state index contributed by atoms with van der Waals surface area (Å²) in [5.74, 6) is -0.840. The van der Waals surface area contributed by atoms with E-state index in [0.717, 1.165) is 16.5 Å². The van der Waals surface area contributed by atoms with Crippen LogP contribution in [0.2, 0.25) is 0 Å². The van der Waals surface area contributed by atoms with E-state index in [0.29, 0.717) is 12.8 Å². The molecule has 0 aliphatic carbocycles. The van der Waals surface area contributed by atoms with Crippen LogP contribution in [0.15, 0.2) is 30.5 Å². The number of ketones is 2. The number of carbonyl (C=O) groups is 3. The van der Waals surface area contributed by atoms with Crippen LogP contribution < -0.4 is 11.1 Å². The van der Waals surface area contributed by atoms with Crippen LogP contribution in [-0.2, 0) is 20.8 Å². The summed E-state index contributed by atoms with van der Waals surface area (Å²) in [5, 5.41) is 4.30. The van der Waals surface area contributed by atoms with E-state index in [1.54, 1.807) is 0 Å². The molecule has 0 spiro atoms. The summed E-state index contributed by atoms with van der Waals surface area (Å²) in [6.07, 6.45) is 3.04. The summed E-state index contributed by atoms with van der Waals surface area (Å²) in [7, 11) is 0. The summed E-state index contributed by atoms with van der Waals surface area (Å²) in [6.45, 7) is 9.57. The number of aromatic amines is 1. The van der Waals surface area contributed by atoms with Crippen LogP contribution in [0.4, 0.5) is 0 Å². The lowest BCUT2D eigenvalue weighted by molar-refractivity contribution is -0.134. The number of amides is 1. The van der Waals surface area contributed by atoms with Crippen molar-refractivity contribution in [1.82, 2.24) is 10.3 Å². The number of fused-ring (bicyclic) bond motifs is 1. The second kappa shape index (κ2) is 10.0. The molecule has 0 bridgehead atoms. The number of hydrogen-bond donors (Lipinski definition) is 3. The monoisotopic (exact) mass is 413 g/mol. The van der Waals surface area contributed by atoms with Gasteiger partial charge in [0.15, 0.2) is 0 Å². The van der Waals surface area contributed by atoms with Crippen molar-refractivity contribution in [2.45, 2.75) is 72.4 Å². The number of H-pyrrole nitrogens is 1. The minimum atomic E-state index is -0.550. The number of nitrogens with one attached hydrogen (secondary N) is 2. The number of primary amides is 1. The van der Waals surface area contributed by atoms with Crippen molar-refractivity contribution in [1.29, 1.82) is 0 Å². The molecule has 1 amide bonds. The van der Waals surface area contributed by atoms with E-state index < -0.39 is 23.3 Å². The molecule has 2 rings (SSSR count). The van der Waals surface area contributed by atoms with Gasteiger partial charge in [-0.05, 0) is 24.5 Å². The Labute approximate surface area is 179 Å². The molecule has 0 radical (unpaired) electrons. The van der Waals surface area contributed by atoms with Gasteiger partial charge in [-0.25, -0.2) is 0 Å². The minimum absolute atomic E-state index is 0.0487. The smallest absolute Gasteiger partial charge is 0.217 e. The predicted molar refractivity (Wildman–Crippen MR) is 120 cm³/mol. The average molecular weight is 414 g/mol. The van der Waals surface area contributed by atoms with E-state index in [1.165, 1.54) is 0 Å². The van der Waals surface area contributed by atoms with Crippen LogP contribution >= 0.6 is 0 Å². The molecule has 1 heterocycles. The molecular formula is C24H35N3O3. The lowest BCUT2D eigenvalue weighted by Gasteiger charge is -2.26. The SMILES string of the molecule is CC(C)NC(CCC(N)=O)C(=O)C[C@@H](Cc1c[nH]c2ccccc12)C(=O)C(C)(C)C. The third kappa shape index (κ3) is 6.52. The van der Waals surface area contributed by atoms with E-state index in [1.807, 2.05) is 65.1 Å². The Morgan fingerprint density at radius 3 is 2.40 bits per heavy atom. The Morgan fingerprint density at radius 1 is 1.13 bits per heavy atom. The molecule has 0 aliphatic rings. The summed E-state index contributed by atoms with van der Waals surface area (Å²) in [6, 6.07) is 7.55. The van der Waals surface area contributed by atoms with Crippen LogP contribution in [0.5, 0.6) is 0 Å². The van der Waals surface area contributed by atoms with Crippen molar-refractivity contribution in [3.8, 4) is 0 Å². The Balaban J connectivity index is 2.26. The quantitative estimate of drug-likeness (QED) is 0.524. The Morgan fingerprint density at radius 2 is 1.80 bits per heavy atom. The molecule has 30 heavy (non-hydrogen) atoms. The first kappa shape index (κ1) is 23.8. The molecule has 6 heteroatoms. The van der Waals surface area contributed by atoms with Crippen molar-refractivity contribution in [2.24, 2.45) is 17.1 Å². The number of Topliss-reactive ketones (excluding diaryl/α,β-unsaturated/α-hetero) is 2. The van der Waals surface area contributed by atoms with Gasteiger partial charge in [0.2, 0.25) is 5.91 Å². The second-order valence-electron chi connectivity index (χ2n) is 9.42. The third-order valence-corrected chi connectivity index (χ3v) is 5.30. The predicted octanol–water partition coefficient (Wildman–Crippen LogP) is 3.53. The topological polar surface area (TPSA) is 105 Å². The highest BCUT2D eigenvalue weighted by atomic mass is 16.1. The maximum Gasteiger partial charge on any atom is 0.217 e. The lowest BCUT2D eigenvalue weighted by atomic mass is 9.77. The molecule has 0 saturated heterocycles. The number of para-hydroxylation sites is 1. The van der Waals surface area contributed by atoms with Gasteiger partial charge in [0.25, 0.3) is 0 Å². The van der Waals surface area contributed by atoms with Gasteiger partial charge in [0, 0.05) is 47.3 Å². The zero-order chi connectivity index (χ0) is 22.5. The fourth-order valence-corrected chi connectivity index (χ4v) is 3.85. The number of rotatable bonds is 11. The second-order valence-corrected chi connectivity index (χ2v) is 9.42. The number of hydrogen-bond acceptors (Lipinski definition) is 4. The third-order valence-electron chi connectivity index (χ3n) is 5.30. The summed E-state index contributed by atoms with van der Waals surface area (Å²) >= 11 is 0. The largest absolute Gasteiger partial charge is 0.370 e. The average Bonchev–Trinajstić information content (AvgIpc) is 3.05. The summed E-state index contributed by atoms with van der Waals surface area (Å²) in [5.41, 5.74) is 6.78. The highest BCUT2D eigenvalue weighted by molar-refractivity contribution is 5.94. The van der Waals surface area contributed by atoms with Gasteiger partial charge in [-0.3, -0.25) is 14.4 Å². The molecule has 2 aromatic rings. The van der Waals surface area contributed by atoms with Gasteiger partial charge in [0.05, 0.1) is 6.04 Å². The first-order chi connectivity index (χ1) is 14.0. The molecule has 6 nitrogen and oxygen atoms in total. The lowest BCUT2D eigenvalue weighted by Crippen LogP contribution is -2.43. The maximum absolute atomic E-state index is 13.2. The van der Waals surface area contributed by atoms with Gasteiger partial charge in [-0.2, -0.15) is 0 Å². The van der Waals surface area contributed by atoms with E-state index >= 15 is 0 Å². The van der Waals surface area contributed by atoms with Crippen molar-refractivity contribution < 1.29 is 14.4 Å². The van der Waals surface area contributed by atoms with Crippen molar-refractivity contribution in [3.05, 3.63) is 36.0 Å². The molecule has 1 unspecified atom stereocenters. The first-order valence-corrected chi connectivity index (χ1v) is 10.7. The van der Waals surface area contributed by atoms with Gasteiger partial charge < -0.3 is 16.0 Å². The van der Waals surface area contributed by atoms with Crippen molar-refractivity contribution in [3.63, 3.8) is 0 Å². The molecule has 0 fully saturated rings. The van der Waals surface area contributed by atoms with Crippen molar-refractivity contribution in [2.75, 3.05) is 0 Å². The van der Waals surface area contributed by atoms with Crippen LogP contribution in [0.25, 0.3) is 10.9 Å². The Bertz CT molecular complexity index is 892. The number of nitrogens with two attached hydrogens (primary N) is 1. The highest BCUT2D eigenvalue weighted by Gasteiger charge is 2.33. The zero-order valence-electron chi connectivity index (χ0n) is 18.7. The van der Waals surface area contributed by atoms with Gasteiger partial charge in [0.1, 0.15) is 11.6 Å². The zero-order valence-corrected chi connectivity index (χ0v) is 18.7. The molecule has 164 valence electrons. The van der Waals surface area contributed by atoms with Gasteiger partial charge >= 0.3 is 0 Å². The number of benzene rings is 1. The summed E-state index contributed by atoms with van der Waals surface area (Å²) < 4.78 is 0. The fourth-order valence-electron chi connectivity index (χ4n) is 3.85. The van der Waals surface area contributed by atoms with Crippen LogP contribution in [0, 0.1) is 11.3 Å². The first-order valence-electron chi connectivity index (χ1n) is 10.7. The maximum atomic E-state index is 13.2. The molecular weight excluding hydrogens is 378 g/mol. The van der Waals surface area contributed by atoms with Crippen molar-refractivity contribution >= 4 is 28.4 Å². The van der Waals surface area contributed by atoms with E-state index in [-0.39, 0.29) is 30.4 Å². The van der Waals surface area contributed by atoms with Crippen LogP contribution in [-0.4, -0.2) is 34.5 Å². The molecule has 0 saturated carbocycles. The molecule has 0 aliphatic heterocycles. The van der Waals surface area contributed by atoms with Crippen LogP contribution in [0.3, 0.4) is 0 Å². The van der Waals surface area contributed by atoms with Gasteiger partial charge in [-0.15, -0.1) is 0 Å². The Kier molecular flexibility index (Phi) is 7.96. The molecule has 2 atom stereocenters. The fraction of sp³-hybridized carbons (Fsp3) is 0.542. The summed E-state index contributed by atoms with van der Waals surface area (Å²) in [4.78, 5) is 40.8. The molecule has 1 aromatic heterocycles. The van der Waals surface area contributed by atoms with E-state index in [2.05, 4.69) is 10.3 Å². The molecule has 1 aromatic carbocycles. The molecule has 4 N–H and O–H groups in total.